The molecule has 0 aromatic carbocycles. The lowest BCUT2D eigenvalue weighted by Crippen LogP contribution is -2.24. The van der Waals surface area contributed by atoms with Crippen molar-refractivity contribution in [3.63, 3.8) is 0 Å². The van der Waals surface area contributed by atoms with E-state index in [0.29, 0.717) is 17.9 Å². The van der Waals surface area contributed by atoms with E-state index in [1.165, 1.54) is 0 Å². The lowest BCUT2D eigenvalue weighted by molar-refractivity contribution is 0.0159. The van der Waals surface area contributed by atoms with Crippen molar-refractivity contribution in [2.75, 3.05) is 26.6 Å². The first-order chi connectivity index (χ1) is 6.67. The second kappa shape index (κ2) is 5.28. The van der Waals surface area contributed by atoms with Crippen molar-refractivity contribution in [2.45, 2.75) is 12.6 Å². The normalized spacial score (nSPS) is 13.1. The highest BCUT2D eigenvalue weighted by Crippen LogP contribution is 2.09. The molecular formula is C7H13BrN4O2. The molecule has 0 radical (unpaired) electrons. The van der Waals surface area contributed by atoms with Gasteiger partial charge < -0.3 is 15.2 Å². The molecule has 0 aliphatic heterocycles. The van der Waals surface area contributed by atoms with Crippen LogP contribution in [-0.2, 0) is 16.0 Å². The number of rotatable bonds is 5. The number of aromatic nitrogens is 3. The van der Waals surface area contributed by atoms with E-state index in [2.05, 4.69) is 26.0 Å². The molecule has 1 aromatic rings. The van der Waals surface area contributed by atoms with E-state index in [9.17, 15) is 0 Å². The molecule has 0 aliphatic carbocycles. The topological polar surface area (TPSA) is 75.2 Å². The molecule has 0 saturated heterocycles. The first-order valence-electron chi connectivity index (χ1n) is 4.05. The van der Waals surface area contributed by atoms with Gasteiger partial charge in [-0.2, -0.15) is 4.98 Å². The van der Waals surface area contributed by atoms with Gasteiger partial charge in [-0.15, -0.1) is 5.10 Å². The van der Waals surface area contributed by atoms with E-state index in [4.69, 9.17) is 15.2 Å². The molecule has 1 heterocycles. The van der Waals surface area contributed by atoms with Gasteiger partial charge in [0.15, 0.2) is 4.73 Å². The maximum atomic E-state index is 5.43. The molecule has 0 fully saturated rings. The van der Waals surface area contributed by atoms with Crippen molar-refractivity contribution in [1.29, 1.82) is 0 Å². The van der Waals surface area contributed by atoms with Gasteiger partial charge in [0.1, 0.15) is 6.10 Å². The van der Waals surface area contributed by atoms with Crippen LogP contribution in [0.4, 0.5) is 5.95 Å². The number of nitrogens with two attached hydrogens (primary N) is 1. The van der Waals surface area contributed by atoms with Crippen molar-refractivity contribution in [1.82, 2.24) is 14.8 Å². The average molecular weight is 265 g/mol. The molecule has 2 N–H and O–H groups in total. The van der Waals surface area contributed by atoms with Crippen molar-refractivity contribution in [2.24, 2.45) is 0 Å². The third-order valence-electron chi connectivity index (χ3n) is 1.71. The SMILES string of the molecule is COCC(Cn1nc(N)nc1Br)OC. The quantitative estimate of drug-likeness (QED) is 0.827. The van der Waals surface area contributed by atoms with Crippen LogP contribution < -0.4 is 5.73 Å². The fraction of sp³-hybridized carbons (Fsp3) is 0.714. The predicted octanol–water partition coefficient (Wildman–Crippen LogP) is 0.284. The molecule has 80 valence electrons. The Labute approximate surface area is 90.5 Å². The number of halogens is 1. The summed E-state index contributed by atoms with van der Waals surface area (Å²) in [7, 11) is 3.24. The zero-order valence-electron chi connectivity index (χ0n) is 8.11. The Morgan fingerprint density at radius 2 is 2.29 bits per heavy atom. The van der Waals surface area contributed by atoms with Crippen molar-refractivity contribution >= 4 is 21.9 Å². The standard InChI is InChI=1S/C7H13BrN4O2/c1-13-4-5(14-2)3-12-6(8)10-7(9)11-12/h5H,3-4H2,1-2H3,(H2,9,11). The molecule has 1 rings (SSSR count). The second-order valence-corrected chi connectivity index (χ2v) is 3.44. The van der Waals surface area contributed by atoms with Crippen molar-refractivity contribution in [3.8, 4) is 0 Å². The van der Waals surface area contributed by atoms with Crippen LogP contribution in [0.2, 0.25) is 0 Å². The molecule has 1 atom stereocenters. The summed E-state index contributed by atoms with van der Waals surface area (Å²) in [5.41, 5.74) is 5.43. The summed E-state index contributed by atoms with van der Waals surface area (Å²) in [4.78, 5) is 3.91. The Bertz CT molecular complexity index is 291. The first kappa shape index (κ1) is 11.4. The Hall–Kier alpha value is -0.660. The number of hydrogen-bond donors (Lipinski definition) is 1. The van der Waals surface area contributed by atoms with E-state index in [0.717, 1.165) is 0 Å². The zero-order chi connectivity index (χ0) is 10.6. The molecule has 14 heavy (non-hydrogen) atoms. The summed E-state index contributed by atoms with van der Waals surface area (Å²) >= 11 is 3.24. The summed E-state index contributed by atoms with van der Waals surface area (Å²) in [5.74, 6) is 0.240. The van der Waals surface area contributed by atoms with E-state index in [1.54, 1.807) is 18.9 Å². The highest BCUT2D eigenvalue weighted by molar-refractivity contribution is 9.10. The molecule has 0 saturated carbocycles. The second-order valence-electron chi connectivity index (χ2n) is 2.73. The highest BCUT2D eigenvalue weighted by atomic mass is 79.9. The van der Waals surface area contributed by atoms with Crippen LogP contribution in [0.5, 0.6) is 0 Å². The van der Waals surface area contributed by atoms with Gasteiger partial charge in [0.2, 0.25) is 5.95 Å². The van der Waals surface area contributed by atoms with Gasteiger partial charge in [0, 0.05) is 14.2 Å². The highest BCUT2D eigenvalue weighted by Gasteiger charge is 2.12. The van der Waals surface area contributed by atoms with E-state index >= 15 is 0 Å². The Morgan fingerprint density at radius 3 is 2.71 bits per heavy atom. The van der Waals surface area contributed by atoms with E-state index in [-0.39, 0.29) is 12.1 Å². The van der Waals surface area contributed by atoms with E-state index < -0.39 is 0 Å². The lowest BCUT2D eigenvalue weighted by atomic mass is 10.4. The number of methoxy groups -OCH3 is 2. The minimum atomic E-state index is -0.0580. The van der Waals surface area contributed by atoms with Crippen LogP contribution in [-0.4, -0.2) is 41.7 Å². The van der Waals surface area contributed by atoms with Gasteiger partial charge in [-0.05, 0) is 15.9 Å². The molecule has 6 nitrogen and oxygen atoms in total. The third-order valence-corrected chi connectivity index (χ3v) is 2.29. The summed E-state index contributed by atoms with van der Waals surface area (Å²) in [5, 5.41) is 3.98. The Kier molecular flexibility index (Phi) is 4.30. The number of hydrogen-bond acceptors (Lipinski definition) is 5. The molecule has 1 aromatic heterocycles. The van der Waals surface area contributed by atoms with Crippen molar-refractivity contribution < 1.29 is 9.47 Å². The third kappa shape index (κ3) is 2.93. The smallest absolute Gasteiger partial charge is 0.240 e. The molecule has 0 aliphatic rings. The average Bonchev–Trinajstić information content (AvgIpc) is 2.44. The fourth-order valence-electron chi connectivity index (χ4n) is 1.03. The number of nitrogens with zero attached hydrogens (tertiary/aromatic N) is 3. The monoisotopic (exact) mass is 264 g/mol. The molecule has 0 bridgehead atoms. The summed E-state index contributed by atoms with van der Waals surface area (Å²) in [6.45, 7) is 1.05. The van der Waals surface area contributed by atoms with Crippen LogP contribution in [0.25, 0.3) is 0 Å². The number of nitrogen functional groups attached to an aromatic ring is 1. The summed E-state index contributed by atoms with van der Waals surface area (Å²) in [6.07, 6.45) is -0.0580. The van der Waals surface area contributed by atoms with Gasteiger partial charge in [0.25, 0.3) is 0 Å². The summed E-state index contributed by atoms with van der Waals surface area (Å²) < 4.78 is 12.4. The zero-order valence-corrected chi connectivity index (χ0v) is 9.69. The van der Waals surface area contributed by atoms with Crippen LogP contribution in [0, 0.1) is 0 Å². The van der Waals surface area contributed by atoms with Crippen molar-refractivity contribution in [3.05, 3.63) is 4.73 Å². The Balaban J connectivity index is 2.61. The minimum absolute atomic E-state index is 0.0580. The van der Waals surface area contributed by atoms with Gasteiger partial charge in [-0.25, -0.2) is 4.68 Å². The van der Waals surface area contributed by atoms with E-state index in [1.807, 2.05) is 0 Å². The maximum absolute atomic E-state index is 5.43. The fourth-order valence-corrected chi connectivity index (χ4v) is 1.44. The lowest BCUT2D eigenvalue weighted by Gasteiger charge is -2.13. The van der Waals surface area contributed by atoms with Crippen LogP contribution in [0.3, 0.4) is 0 Å². The first-order valence-corrected chi connectivity index (χ1v) is 4.84. The molecule has 0 amide bonds. The van der Waals surface area contributed by atoms with Gasteiger partial charge >= 0.3 is 0 Å². The predicted molar refractivity (Wildman–Crippen MR) is 54.8 cm³/mol. The largest absolute Gasteiger partial charge is 0.382 e. The van der Waals surface area contributed by atoms with Gasteiger partial charge in [-0.1, -0.05) is 0 Å². The summed E-state index contributed by atoms with van der Waals surface area (Å²) in [6, 6.07) is 0. The molecule has 0 spiro atoms. The van der Waals surface area contributed by atoms with Crippen LogP contribution in [0.1, 0.15) is 0 Å². The van der Waals surface area contributed by atoms with Gasteiger partial charge in [-0.3, -0.25) is 0 Å². The molecule has 7 heteroatoms. The maximum Gasteiger partial charge on any atom is 0.240 e. The number of ether oxygens (including phenoxy) is 2. The molecule has 1 unspecified atom stereocenters. The van der Waals surface area contributed by atoms with Crippen LogP contribution in [0.15, 0.2) is 4.73 Å². The van der Waals surface area contributed by atoms with Gasteiger partial charge in [0.05, 0.1) is 13.2 Å². The van der Waals surface area contributed by atoms with Crippen LogP contribution >= 0.6 is 15.9 Å². The number of anilines is 1. The minimum Gasteiger partial charge on any atom is -0.382 e. The molecular weight excluding hydrogens is 252 g/mol. The Morgan fingerprint density at radius 1 is 1.57 bits per heavy atom.